The van der Waals surface area contributed by atoms with Crippen LogP contribution in [-0.4, -0.2) is 6.61 Å². The van der Waals surface area contributed by atoms with E-state index in [9.17, 15) is 4.39 Å². The zero-order valence-electron chi connectivity index (χ0n) is 11.3. The lowest BCUT2D eigenvalue weighted by molar-refractivity contribution is 0.335. The first kappa shape index (κ1) is 14.8. The normalized spacial score (nSPS) is 10.6. The van der Waals surface area contributed by atoms with E-state index >= 15 is 0 Å². The van der Waals surface area contributed by atoms with Crippen LogP contribution in [0.4, 0.5) is 4.39 Å². The van der Waals surface area contributed by atoms with E-state index in [1.54, 1.807) is 12.1 Å². The first-order valence-corrected chi connectivity index (χ1v) is 6.94. The van der Waals surface area contributed by atoms with Crippen molar-refractivity contribution in [1.29, 1.82) is 0 Å². The van der Waals surface area contributed by atoms with Crippen LogP contribution in [0.5, 0.6) is 5.75 Å². The van der Waals surface area contributed by atoms with E-state index in [0.29, 0.717) is 19.7 Å². The van der Waals surface area contributed by atoms with Crippen molar-refractivity contribution in [3.05, 3.63) is 64.4 Å². The number of halogens is 2. The van der Waals surface area contributed by atoms with Crippen molar-refractivity contribution in [2.45, 2.75) is 20.0 Å². The first-order valence-electron chi connectivity index (χ1n) is 6.56. The fourth-order valence-electron chi connectivity index (χ4n) is 1.94. The van der Waals surface area contributed by atoms with Gasteiger partial charge >= 0.3 is 0 Å². The summed E-state index contributed by atoms with van der Waals surface area (Å²) in [6, 6.07) is 12.7. The summed E-state index contributed by atoms with van der Waals surface area (Å²) in [4.78, 5) is 0. The lowest BCUT2D eigenvalue weighted by Crippen LogP contribution is -2.13. The fourth-order valence-corrected chi connectivity index (χ4v) is 2.14. The molecule has 0 atom stereocenters. The predicted octanol–water partition coefficient (Wildman–Crippen LogP) is 4.17. The van der Waals surface area contributed by atoms with E-state index in [4.69, 9.17) is 16.3 Å². The molecule has 0 fully saturated rings. The Morgan fingerprint density at radius 2 is 1.95 bits per heavy atom. The average Bonchev–Trinajstić information content (AvgIpc) is 2.45. The van der Waals surface area contributed by atoms with Crippen molar-refractivity contribution in [3.63, 3.8) is 0 Å². The molecular formula is C16H17ClFNO. The smallest absolute Gasteiger partial charge is 0.141 e. The fraction of sp³-hybridized carbons (Fsp3) is 0.250. The van der Waals surface area contributed by atoms with E-state index in [1.807, 2.05) is 31.2 Å². The second kappa shape index (κ2) is 7.27. The van der Waals surface area contributed by atoms with Gasteiger partial charge in [0, 0.05) is 18.7 Å². The molecule has 0 saturated carbocycles. The molecule has 0 aromatic heterocycles. The largest absolute Gasteiger partial charge is 0.494 e. The Labute approximate surface area is 123 Å². The van der Waals surface area contributed by atoms with Crippen LogP contribution in [0, 0.1) is 5.82 Å². The molecule has 0 unspecified atom stereocenters. The number of benzene rings is 2. The summed E-state index contributed by atoms with van der Waals surface area (Å²) in [6.45, 7) is 3.92. The third-order valence-electron chi connectivity index (χ3n) is 2.90. The molecule has 0 aliphatic heterocycles. The first-order chi connectivity index (χ1) is 9.70. The maximum absolute atomic E-state index is 13.1. The average molecular weight is 294 g/mol. The molecule has 0 spiro atoms. The molecule has 0 saturated heterocycles. The molecule has 2 nitrogen and oxygen atoms in total. The lowest BCUT2D eigenvalue weighted by Gasteiger charge is -2.11. The van der Waals surface area contributed by atoms with Crippen LogP contribution in [0.1, 0.15) is 18.1 Å². The van der Waals surface area contributed by atoms with Gasteiger partial charge in [0.15, 0.2) is 0 Å². The van der Waals surface area contributed by atoms with Crippen molar-refractivity contribution in [2.24, 2.45) is 0 Å². The van der Waals surface area contributed by atoms with Crippen LogP contribution in [0.15, 0.2) is 42.5 Å². The summed E-state index contributed by atoms with van der Waals surface area (Å²) in [5.41, 5.74) is 2.05. The van der Waals surface area contributed by atoms with Crippen molar-refractivity contribution in [1.82, 2.24) is 5.32 Å². The number of hydrogen-bond donors (Lipinski definition) is 1. The monoisotopic (exact) mass is 293 g/mol. The molecule has 2 aromatic carbocycles. The summed E-state index contributed by atoms with van der Waals surface area (Å²) in [5, 5.41) is 3.45. The van der Waals surface area contributed by atoms with Crippen LogP contribution < -0.4 is 10.1 Å². The van der Waals surface area contributed by atoms with Crippen molar-refractivity contribution in [3.8, 4) is 5.75 Å². The quantitative estimate of drug-likeness (QED) is 0.863. The molecular weight excluding hydrogens is 277 g/mol. The third-order valence-corrected chi connectivity index (χ3v) is 3.19. The molecule has 1 N–H and O–H groups in total. The summed E-state index contributed by atoms with van der Waals surface area (Å²) in [6.07, 6.45) is 0. The van der Waals surface area contributed by atoms with Crippen molar-refractivity contribution in [2.75, 3.05) is 6.61 Å². The highest BCUT2D eigenvalue weighted by Crippen LogP contribution is 2.18. The molecule has 0 amide bonds. The number of hydrogen-bond acceptors (Lipinski definition) is 2. The summed E-state index contributed by atoms with van der Waals surface area (Å²) < 4.78 is 18.6. The van der Waals surface area contributed by atoms with Gasteiger partial charge in [-0.3, -0.25) is 0 Å². The maximum Gasteiger partial charge on any atom is 0.141 e. The predicted molar refractivity (Wildman–Crippen MR) is 79.6 cm³/mol. The van der Waals surface area contributed by atoms with Gasteiger partial charge in [0.2, 0.25) is 0 Å². The van der Waals surface area contributed by atoms with Gasteiger partial charge in [-0.2, -0.15) is 0 Å². The van der Waals surface area contributed by atoms with Crippen LogP contribution >= 0.6 is 11.6 Å². The molecule has 0 heterocycles. The van der Waals surface area contributed by atoms with Crippen molar-refractivity contribution >= 4 is 11.6 Å². The van der Waals surface area contributed by atoms with E-state index in [-0.39, 0.29) is 5.02 Å². The summed E-state index contributed by atoms with van der Waals surface area (Å²) in [7, 11) is 0. The SMILES string of the molecule is CCOc1ccccc1CNCc1ccc(F)c(Cl)c1. The highest BCUT2D eigenvalue weighted by atomic mass is 35.5. The standard InChI is InChI=1S/C16H17ClFNO/c1-2-20-16-6-4-3-5-13(16)11-19-10-12-7-8-15(18)14(17)9-12/h3-9,19H,2,10-11H2,1H3. The third kappa shape index (κ3) is 3.95. The van der Waals surface area contributed by atoms with Gasteiger partial charge in [-0.05, 0) is 30.7 Å². The minimum Gasteiger partial charge on any atom is -0.494 e. The van der Waals surface area contributed by atoms with Gasteiger partial charge in [-0.15, -0.1) is 0 Å². The Kier molecular flexibility index (Phi) is 5.39. The maximum atomic E-state index is 13.1. The van der Waals surface area contributed by atoms with E-state index in [0.717, 1.165) is 16.9 Å². The lowest BCUT2D eigenvalue weighted by atomic mass is 10.2. The highest BCUT2D eigenvalue weighted by Gasteiger charge is 2.03. The Hall–Kier alpha value is -1.58. The van der Waals surface area contributed by atoms with E-state index in [1.165, 1.54) is 6.07 Å². The molecule has 4 heteroatoms. The number of ether oxygens (including phenoxy) is 1. The van der Waals surface area contributed by atoms with E-state index in [2.05, 4.69) is 5.32 Å². The molecule has 2 aromatic rings. The Balaban J connectivity index is 1.94. The summed E-state index contributed by atoms with van der Waals surface area (Å²) >= 11 is 5.75. The van der Waals surface area contributed by atoms with Gasteiger partial charge < -0.3 is 10.1 Å². The van der Waals surface area contributed by atoms with Gasteiger partial charge in [0.1, 0.15) is 11.6 Å². The highest BCUT2D eigenvalue weighted by molar-refractivity contribution is 6.30. The Morgan fingerprint density at radius 3 is 2.70 bits per heavy atom. The van der Waals surface area contributed by atoms with Gasteiger partial charge in [0.05, 0.1) is 11.6 Å². The van der Waals surface area contributed by atoms with Crippen LogP contribution in [0.3, 0.4) is 0 Å². The molecule has 20 heavy (non-hydrogen) atoms. The topological polar surface area (TPSA) is 21.3 Å². The number of nitrogens with one attached hydrogen (secondary N) is 1. The van der Waals surface area contributed by atoms with Crippen molar-refractivity contribution < 1.29 is 9.13 Å². The van der Waals surface area contributed by atoms with Crippen LogP contribution in [0.25, 0.3) is 0 Å². The molecule has 0 bridgehead atoms. The van der Waals surface area contributed by atoms with Crippen LogP contribution in [0.2, 0.25) is 5.02 Å². The minimum atomic E-state index is -0.392. The molecule has 0 aliphatic rings. The zero-order valence-corrected chi connectivity index (χ0v) is 12.1. The number of para-hydroxylation sites is 1. The second-order valence-electron chi connectivity index (χ2n) is 4.39. The molecule has 0 aliphatic carbocycles. The van der Waals surface area contributed by atoms with Gasteiger partial charge in [-0.25, -0.2) is 4.39 Å². The minimum absolute atomic E-state index is 0.152. The molecule has 0 radical (unpaired) electrons. The summed E-state index contributed by atoms with van der Waals surface area (Å²) in [5.74, 6) is 0.497. The van der Waals surface area contributed by atoms with E-state index < -0.39 is 5.82 Å². The van der Waals surface area contributed by atoms with Gasteiger partial charge in [0.25, 0.3) is 0 Å². The number of rotatable bonds is 6. The molecule has 106 valence electrons. The zero-order chi connectivity index (χ0) is 14.4. The molecule has 2 rings (SSSR count). The van der Waals surface area contributed by atoms with Crippen LogP contribution in [-0.2, 0) is 13.1 Å². The second-order valence-corrected chi connectivity index (χ2v) is 4.80. The Bertz CT molecular complexity index is 574. The van der Waals surface area contributed by atoms with Gasteiger partial charge in [-0.1, -0.05) is 35.9 Å². The Morgan fingerprint density at radius 1 is 1.15 bits per heavy atom.